The number of aromatic nitrogens is 2. The number of pyridine rings is 1. The number of fused-ring (bicyclic) bond motifs is 1. The monoisotopic (exact) mass is 260 g/mol. The Morgan fingerprint density at radius 2 is 2.26 bits per heavy atom. The Kier molecular flexibility index (Phi) is 4.52. The summed E-state index contributed by atoms with van der Waals surface area (Å²) in [6, 6.07) is 3.74. The number of carbonyl (C=O) groups excluding carboxylic acids is 1. The van der Waals surface area contributed by atoms with Crippen molar-refractivity contribution in [3.63, 3.8) is 0 Å². The molecule has 0 saturated heterocycles. The topological polar surface area (TPSA) is 61.0 Å². The first kappa shape index (κ1) is 13.5. The van der Waals surface area contributed by atoms with Crippen molar-refractivity contribution in [2.24, 2.45) is 0 Å². The predicted octanol–water partition coefficient (Wildman–Crippen LogP) is 1.63. The van der Waals surface area contributed by atoms with Crippen LogP contribution in [0.3, 0.4) is 0 Å². The van der Waals surface area contributed by atoms with Gasteiger partial charge in [0, 0.05) is 24.3 Å². The van der Waals surface area contributed by atoms with Gasteiger partial charge in [0.05, 0.1) is 5.56 Å². The Balaban J connectivity index is 1.86. The summed E-state index contributed by atoms with van der Waals surface area (Å²) in [7, 11) is 4.11. The van der Waals surface area contributed by atoms with Crippen LogP contribution in [0.1, 0.15) is 23.2 Å². The van der Waals surface area contributed by atoms with Gasteiger partial charge in [-0.3, -0.25) is 4.79 Å². The van der Waals surface area contributed by atoms with Crippen LogP contribution >= 0.6 is 0 Å². The maximum atomic E-state index is 12.0. The van der Waals surface area contributed by atoms with E-state index in [0.29, 0.717) is 12.1 Å². The van der Waals surface area contributed by atoms with E-state index < -0.39 is 0 Å². The zero-order valence-electron chi connectivity index (χ0n) is 11.4. The Bertz CT molecular complexity index is 547. The molecule has 2 aromatic rings. The van der Waals surface area contributed by atoms with Crippen molar-refractivity contribution < 1.29 is 4.79 Å². The normalized spacial score (nSPS) is 11.1. The fourth-order valence-electron chi connectivity index (χ4n) is 1.99. The smallest absolute Gasteiger partial charge is 0.253 e. The van der Waals surface area contributed by atoms with Crippen LogP contribution < -0.4 is 5.32 Å². The summed E-state index contributed by atoms with van der Waals surface area (Å²) < 4.78 is 0. The molecule has 0 radical (unpaired) electrons. The van der Waals surface area contributed by atoms with Crippen LogP contribution in [0.15, 0.2) is 24.5 Å². The molecule has 1 amide bonds. The molecule has 5 heteroatoms. The number of unbranched alkanes of at least 4 members (excludes halogenated alkanes) is 1. The summed E-state index contributed by atoms with van der Waals surface area (Å²) in [4.78, 5) is 21.4. The van der Waals surface area contributed by atoms with Gasteiger partial charge in [-0.2, -0.15) is 0 Å². The molecule has 0 aliphatic rings. The first-order chi connectivity index (χ1) is 9.18. The average molecular weight is 260 g/mol. The van der Waals surface area contributed by atoms with Crippen molar-refractivity contribution in [1.29, 1.82) is 0 Å². The lowest BCUT2D eigenvalue weighted by molar-refractivity contribution is 0.0954. The highest BCUT2D eigenvalue weighted by atomic mass is 16.1. The molecule has 19 heavy (non-hydrogen) atoms. The van der Waals surface area contributed by atoms with Crippen molar-refractivity contribution >= 4 is 16.9 Å². The molecule has 0 unspecified atom stereocenters. The van der Waals surface area contributed by atoms with Crippen molar-refractivity contribution in [1.82, 2.24) is 20.2 Å². The van der Waals surface area contributed by atoms with Gasteiger partial charge in [0.25, 0.3) is 5.91 Å². The molecule has 2 heterocycles. The Labute approximate surface area is 113 Å². The molecule has 0 atom stereocenters. The second-order valence-electron chi connectivity index (χ2n) is 4.87. The number of hydrogen-bond acceptors (Lipinski definition) is 3. The quantitative estimate of drug-likeness (QED) is 0.776. The van der Waals surface area contributed by atoms with E-state index in [1.165, 1.54) is 0 Å². The lowest BCUT2D eigenvalue weighted by Crippen LogP contribution is -2.25. The molecule has 0 saturated carbocycles. The first-order valence-corrected chi connectivity index (χ1v) is 6.53. The lowest BCUT2D eigenvalue weighted by Gasteiger charge is -2.09. The summed E-state index contributed by atoms with van der Waals surface area (Å²) in [6.45, 7) is 1.76. The third kappa shape index (κ3) is 3.54. The van der Waals surface area contributed by atoms with Gasteiger partial charge >= 0.3 is 0 Å². The molecule has 2 rings (SSSR count). The fraction of sp³-hybridized carbons (Fsp3) is 0.429. The van der Waals surface area contributed by atoms with E-state index in [9.17, 15) is 4.79 Å². The second kappa shape index (κ2) is 6.33. The third-order valence-electron chi connectivity index (χ3n) is 3.01. The maximum absolute atomic E-state index is 12.0. The summed E-state index contributed by atoms with van der Waals surface area (Å²) in [5.41, 5.74) is 1.41. The summed E-state index contributed by atoms with van der Waals surface area (Å²) >= 11 is 0. The lowest BCUT2D eigenvalue weighted by atomic mass is 10.2. The number of rotatable bonds is 6. The molecule has 102 valence electrons. The SMILES string of the molecule is CN(C)CCCCNC(=O)c1c[nH]c2ncccc12. The molecule has 2 aromatic heterocycles. The van der Waals surface area contributed by atoms with Gasteiger partial charge in [0.1, 0.15) is 5.65 Å². The minimum Gasteiger partial charge on any atom is -0.352 e. The number of nitrogens with one attached hydrogen (secondary N) is 2. The van der Waals surface area contributed by atoms with Crippen molar-refractivity contribution in [3.8, 4) is 0 Å². The molecular formula is C14H20N4O. The van der Waals surface area contributed by atoms with Crippen molar-refractivity contribution in [3.05, 3.63) is 30.1 Å². The Morgan fingerprint density at radius 3 is 3.05 bits per heavy atom. The summed E-state index contributed by atoms with van der Waals surface area (Å²) in [5, 5.41) is 3.81. The third-order valence-corrected chi connectivity index (χ3v) is 3.01. The fourth-order valence-corrected chi connectivity index (χ4v) is 1.99. The van der Waals surface area contributed by atoms with Crippen LogP contribution in [-0.4, -0.2) is 48.0 Å². The van der Waals surface area contributed by atoms with E-state index >= 15 is 0 Å². The number of hydrogen-bond donors (Lipinski definition) is 2. The van der Waals surface area contributed by atoms with Crippen LogP contribution in [0, 0.1) is 0 Å². The highest BCUT2D eigenvalue weighted by Gasteiger charge is 2.11. The molecule has 0 aromatic carbocycles. The highest BCUT2D eigenvalue weighted by molar-refractivity contribution is 6.05. The Hall–Kier alpha value is -1.88. The molecule has 0 spiro atoms. The Morgan fingerprint density at radius 1 is 1.42 bits per heavy atom. The second-order valence-corrected chi connectivity index (χ2v) is 4.87. The number of aromatic amines is 1. The highest BCUT2D eigenvalue weighted by Crippen LogP contribution is 2.15. The molecule has 0 fully saturated rings. The van der Waals surface area contributed by atoms with Gasteiger partial charge in [0.15, 0.2) is 0 Å². The maximum Gasteiger partial charge on any atom is 0.253 e. The van der Waals surface area contributed by atoms with Crippen LogP contribution in [0.5, 0.6) is 0 Å². The van der Waals surface area contributed by atoms with Gasteiger partial charge < -0.3 is 15.2 Å². The van der Waals surface area contributed by atoms with E-state index in [4.69, 9.17) is 0 Å². The van der Waals surface area contributed by atoms with Gasteiger partial charge in [-0.15, -0.1) is 0 Å². The first-order valence-electron chi connectivity index (χ1n) is 6.53. The number of H-pyrrole nitrogens is 1. The van der Waals surface area contributed by atoms with E-state index in [2.05, 4.69) is 34.3 Å². The molecule has 0 bridgehead atoms. The van der Waals surface area contributed by atoms with E-state index in [0.717, 1.165) is 30.4 Å². The van der Waals surface area contributed by atoms with Crippen molar-refractivity contribution in [2.45, 2.75) is 12.8 Å². The zero-order chi connectivity index (χ0) is 13.7. The largest absolute Gasteiger partial charge is 0.352 e. The molecule has 0 aliphatic heterocycles. The van der Waals surface area contributed by atoms with Crippen LogP contribution in [-0.2, 0) is 0 Å². The van der Waals surface area contributed by atoms with Gasteiger partial charge in [-0.05, 0) is 45.6 Å². The summed E-state index contributed by atoms with van der Waals surface area (Å²) in [5.74, 6) is -0.0379. The van der Waals surface area contributed by atoms with Crippen LogP contribution in [0.4, 0.5) is 0 Å². The minimum absolute atomic E-state index is 0.0379. The minimum atomic E-state index is -0.0379. The van der Waals surface area contributed by atoms with Crippen molar-refractivity contribution in [2.75, 3.05) is 27.2 Å². The average Bonchev–Trinajstić information content (AvgIpc) is 2.81. The van der Waals surface area contributed by atoms with Crippen LogP contribution in [0.25, 0.3) is 11.0 Å². The van der Waals surface area contributed by atoms with Gasteiger partial charge in [-0.25, -0.2) is 4.98 Å². The number of carbonyl (C=O) groups is 1. The molecule has 5 nitrogen and oxygen atoms in total. The van der Waals surface area contributed by atoms with E-state index in [1.807, 2.05) is 12.1 Å². The zero-order valence-corrected chi connectivity index (χ0v) is 11.4. The van der Waals surface area contributed by atoms with Gasteiger partial charge in [-0.1, -0.05) is 0 Å². The standard InChI is InChI=1S/C14H20N4O/c1-18(2)9-4-3-7-16-14(19)12-10-17-13-11(12)6-5-8-15-13/h5-6,8,10H,3-4,7,9H2,1-2H3,(H,15,17)(H,16,19). The molecule has 0 aliphatic carbocycles. The number of amides is 1. The van der Waals surface area contributed by atoms with E-state index in [-0.39, 0.29) is 5.91 Å². The van der Waals surface area contributed by atoms with Gasteiger partial charge in [0.2, 0.25) is 0 Å². The summed E-state index contributed by atoms with van der Waals surface area (Å²) in [6.07, 6.45) is 5.50. The van der Waals surface area contributed by atoms with Crippen LogP contribution in [0.2, 0.25) is 0 Å². The van der Waals surface area contributed by atoms with E-state index in [1.54, 1.807) is 12.4 Å². The molecular weight excluding hydrogens is 240 g/mol. The predicted molar refractivity (Wildman–Crippen MR) is 76.2 cm³/mol. The molecule has 2 N–H and O–H groups in total. The number of nitrogens with zero attached hydrogens (tertiary/aromatic N) is 2.